The minimum atomic E-state index is 0.565. The molecule has 1 aromatic heterocycles. The molecule has 0 bridgehead atoms. The van der Waals surface area contributed by atoms with Gasteiger partial charge in [0, 0.05) is 18.7 Å². The van der Waals surface area contributed by atoms with Crippen LogP contribution in [0.1, 0.15) is 58.2 Å². The van der Waals surface area contributed by atoms with Gasteiger partial charge in [-0.3, -0.25) is 4.68 Å². The maximum absolute atomic E-state index is 4.76. The van der Waals surface area contributed by atoms with Gasteiger partial charge in [0.1, 0.15) is 0 Å². The average molecular weight is 249 g/mol. The minimum absolute atomic E-state index is 0.565. The van der Waals surface area contributed by atoms with Crippen LogP contribution in [0.2, 0.25) is 0 Å². The van der Waals surface area contributed by atoms with Gasteiger partial charge in [-0.05, 0) is 44.2 Å². The zero-order valence-electron chi connectivity index (χ0n) is 12.0. The quantitative estimate of drug-likeness (QED) is 0.868. The number of nitrogens with zero attached hydrogens (tertiary/aromatic N) is 2. The summed E-state index contributed by atoms with van der Waals surface area (Å²) in [7, 11) is 0. The lowest BCUT2D eigenvalue weighted by Crippen LogP contribution is -2.41. The number of rotatable bonds is 5. The van der Waals surface area contributed by atoms with E-state index >= 15 is 0 Å². The molecule has 2 unspecified atom stereocenters. The molecular weight excluding hydrogens is 222 g/mol. The number of aromatic nitrogens is 2. The van der Waals surface area contributed by atoms with Crippen molar-refractivity contribution in [2.75, 3.05) is 6.54 Å². The Morgan fingerprint density at radius 2 is 2.22 bits per heavy atom. The summed E-state index contributed by atoms with van der Waals surface area (Å²) < 4.78 is 2.16. The highest BCUT2D eigenvalue weighted by Crippen LogP contribution is 2.20. The highest BCUT2D eigenvalue weighted by molar-refractivity contribution is 5.03. The van der Waals surface area contributed by atoms with Crippen molar-refractivity contribution >= 4 is 0 Å². The van der Waals surface area contributed by atoms with Gasteiger partial charge >= 0.3 is 0 Å². The molecule has 1 aromatic rings. The number of hydrogen-bond donors (Lipinski definition) is 1. The van der Waals surface area contributed by atoms with Gasteiger partial charge < -0.3 is 5.32 Å². The van der Waals surface area contributed by atoms with Crippen molar-refractivity contribution in [3.63, 3.8) is 0 Å². The average Bonchev–Trinajstić information content (AvgIpc) is 2.82. The smallest absolute Gasteiger partial charge is 0.0640 e. The van der Waals surface area contributed by atoms with Gasteiger partial charge in [0.25, 0.3) is 0 Å². The molecule has 0 aromatic carbocycles. The first-order chi connectivity index (χ1) is 8.74. The van der Waals surface area contributed by atoms with Crippen molar-refractivity contribution in [1.29, 1.82) is 0 Å². The maximum Gasteiger partial charge on any atom is 0.0640 e. The topological polar surface area (TPSA) is 29.9 Å². The summed E-state index contributed by atoms with van der Waals surface area (Å²) in [6.07, 6.45) is 8.23. The molecule has 2 atom stereocenters. The summed E-state index contributed by atoms with van der Waals surface area (Å²) in [5.41, 5.74) is 1.24. The van der Waals surface area contributed by atoms with E-state index in [1.54, 1.807) is 0 Å². The minimum Gasteiger partial charge on any atom is -0.313 e. The first-order valence-electron chi connectivity index (χ1n) is 7.52. The van der Waals surface area contributed by atoms with Gasteiger partial charge in [-0.15, -0.1) is 0 Å². The summed E-state index contributed by atoms with van der Waals surface area (Å²) in [4.78, 5) is 0. The molecule has 3 nitrogen and oxygen atoms in total. The molecule has 0 saturated carbocycles. The van der Waals surface area contributed by atoms with Crippen LogP contribution in [0.3, 0.4) is 0 Å². The van der Waals surface area contributed by atoms with Crippen LogP contribution >= 0.6 is 0 Å². The third-order valence-electron chi connectivity index (χ3n) is 4.34. The molecule has 1 saturated heterocycles. The Morgan fingerprint density at radius 3 is 2.89 bits per heavy atom. The fourth-order valence-corrected chi connectivity index (χ4v) is 2.96. The fourth-order valence-electron chi connectivity index (χ4n) is 2.96. The van der Waals surface area contributed by atoms with Crippen LogP contribution in [0.5, 0.6) is 0 Å². The highest BCUT2D eigenvalue weighted by atomic mass is 15.3. The summed E-state index contributed by atoms with van der Waals surface area (Å²) in [6.45, 7) is 8.00. The molecule has 18 heavy (non-hydrogen) atoms. The van der Waals surface area contributed by atoms with Crippen molar-refractivity contribution in [3.05, 3.63) is 18.0 Å². The van der Waals surface area contributed by atoms with Gasteiger partial charge in [-0.2, -0.15) is 5.10 Å². The SMILES string of the molecule is CCC(CC)n1ccc(CC2NCCCC2C)n1. The Labute approximate surface area is 111 Å². The Balaban J connectivity index is 1.97. The second-order valence-corrected chi connectivity index (χ2v) is 5.64. The second kappa shape index (κ2) is 6.37. The molecule has 1 N–H and O–H groups in total. The monoisotopic (exact) mass is 249 g/mol. The zero-order chi connectivity index (χ0) is 13.0. The van der Waals surface area contributed by atoms with E-state index < -0.39 is 0 Å². The van der Waals surface area contributed by atoms with Gasteiger partial charge in [0.2, 0.25) is 0 Å². The van der Waals surface area contributed by atoms with E-state index in [0.29, 0.717) is 12.1 Å². The fraction of sp³-hybridized carbons (Fsp3) is 0.800. The molecule has 1 aliphatic heterocycles. The first-order valence-corrected chi connectivity index (χ1v) is 7.52. The third kappa shape index (κ3) is 3.14. The van der Waals surface area contributed by atoms with Crippen molar-refractivity contribution in [2.24, 2.45) is 5.92 Å². The normalized spacial score (nSPS) is 24.7. The van der Waals surface area contributed by atoms with Crippen LogP contribution < -0.4 is 5.32 Å². The van der Waals surface area contributed by atoms with Crippen LogP contribution in [-0.2, 0) is 6.42 Å². The Bertz CT molecular complexity index is 354. The lowest BCUT2D eigenvalue weighted by molar-refractivity contribution is 0.295. The molecule has 2 heterocycles. The molecule has 3 heteroatoms. The molecule has 1 fully saturated rings. The molecule has 2 rings (SSSR count). The van der Waals surface area contributed by atoms with E-state index in [1.165, 1.54) is 25.1 Å². The lowest BCUT2D eigenvalue weighted by Gasteiger charge is -2.29. The zero-order valence-corrected chi connectivity index (χ0v) is 12.0. The van der Waals surface area contributed by atoms with Crippen LogP contribution in [0.25, 0.3) is 0 Å². The largest absolute Gasteiger partial charge is 0.313 e. The van der Waals surface area contributed by atoms with Gasteiger partial charge in [-0.25, -0.2) is 0 Å². The Hall–Kier alpha value is -0.830. The van der Waals surface area contributed by atoms with E-state index in [9.17, 15) is 0 Å². The number of nitrogens with one attached hydrogen (secondary N) is 1. The standard InChI is InChI=1S/C15H27N3/c1-4-14(5-2)18-10-8-13(17-18)11-15-12(3)7-6-9-16-15/h8,10,12,14-16H,4-7,9,11H2,1-3H3. The van der Waals surface area contributed by atoms with E-state index in [2.05, 4.69) is 43.0 Å². The van der Waals surface area contributed by atoms with Crippen LogP contribution in [0.15, 0.2) is 12.3 Å². The molecule has 102 valence electrons. The predicted octanol–water partition coefficient (Wildman–Crippen LogP) is 3.17. The number of piperidine rings is 1. The summed E-state index contributed by atoms with van der Waals surface area (Å²) in [6, 6.07) is 3.38. The summed E-state index contributed by atoms with van der Waals surface area (Å²) in [5.74, 6) is 0.775. The van der Waals surface area contributed by atoms with Gasteiger partial charge in [-0.1, -0.05) is 20.8 Å². The molecule has 0 amide bonds. The van der Waals surface area contributed by atoms with E-state index in [0.717, 1.165) is 25.2 Å². The van der Waals surface area contributed by atoms with Gasteiger partial charge in [0.05, 0.1) is 11.7 Å². The van der Waals surface area contributed by atoms with Gasteiger partial charge in [0.15, 0.2) is 0 Å². The van der Waals surface area contributed by atoms with Crippen LogP contribution in [0.4, 0.5) is 0 Å². The van der Waals surface area contributed by atoms with Crippen molar-refractivity contribution in [2.45, 2.75) is 65.0 Å². The van der Waals surface area contributed by atoms with Crippen LogP contribution in [0, 0.1) is 5.92 Å². The lowest BCUT2D eigenvalue weighted by atomic mass is 9.90. The van der Waals surface area contributed by atoms with Crippen molar-refractivity contribution < 1.29 is 0 Å². The first kappa shape index (κ1) is 13.6. The van der Waals surface area contributed by atoms with E-state index in [4.69, 9.17) is 5.10 Å². The highest BCUT2D eigenvalue weighted by Gasteiger charge is 2.21. The van der Waals surface area contributed by atoms with E-state index in [-0.39, 0.29) is 0 Å². The summed E-state index contributed by atoms with van der Waals surface area (Å²) in [5, 5.41) is 8.39. The maximum atomic E-state index is 4.76. The second-order valence-electron chi connectivity index (χ2n) is 5.64. The van der Waals surface area contributed by atoms with Crippen molar-refractivity contribution in [3.8, 4) is 0 Å². The molecule has 0 spiro atoms. The molecule has 0 radical (unpaired) electrons. The molecule has 0 aliphatic carbocycles. The third-order valence-corrected chi connectivity index (χ3v) is 4.34. The Kier molecular flexibility index (Phi) is 4.81. The van der Waals surface area contributed by atoms with Crippen LogP contribution in [-0.4, -0.2) is 22.4 Å². The van der Waals surface area contributed by atoms with Crippen molar-refractivity contribution in [1.82, 2.24) is 15.1 Å². The molecular formula is C15H27N3. The number of hydrogen-bond acceptors (Lipinski definition) is 2. The molecule has 1 aliphatic rings. The summed E-state index contributed by atoms with van der Waals surface area (Å²) >= 11 is 0. The Morgan fingerprint density at radius 1 is 1.44 bits per heavy atom. The predicted molar refractivity (Wildman–Crippen MR) is 75.7 cm³/mol. The van der Waals surface area contributed by atoms with E-state index in [1.807, 2.05) is 0 Å².